The molecule has 0 amide bonds. The molecule has 7 heteroatoms. The van der Waals surface area contributed by atoms with Gasteiger partial charge in [-0.3, -0.25) is 9.98 Å². The molecule has 0 unspecified atom stereocenters. The summed E-state index contributed by atoms with van der Waals surface area (Å²) >= 11 is 0. The van der Waals surface area contributed by atoms with Crippen LogP contribution in [0.15, 0.2) is 87.2 Å². The zero-order valence-electron chi connectivity index (χ0n) is 20.0. The highest BCUT2D eigenvalue weighted by atomic mass is 16.5. The first-order chi connectivity index (χ1) is 17.8. The van der Waals surface area contributed by atoms with Crippen LogP contribution in [0.1, 0.15) is 17.5 Å². The number of amidine groups is 2. The minimum absolute atomic E-state index is 0.575. The Morgan fingerprint density at radius 1 is 0.750 bits per heavy atom. The van der Waals surface area contributed by atoms with E-state index >= 15 is 0 Å². The molecule has 1 aromatic heterocycles. The van der Waals surface area contributed by atoms with Gasteiger partial charge in [0, 0.05) is 36.0 Å². The normalized spacial score (nSPS) is 14.8. The van der Waals surface area contributed by atoms with Crippen molar-refractivity contribution in [1.82, 2.24) is 10.6 Å². The first-order valence-electron chi connectivity index (χ1n) is 12.4. The molecule has 0 saturated heterocycles. The summed E-state index contributed by atoms with van der Waals surface area (Å²) in [7, 11) is 0. The molecule has 3 heterocycles. The van der Waals surface area contributed by atoms with Crippen molar-refractivity contribution in [3.63, 3.8) is 0 Å². The van der Waals surface area contributed by atoms with Crippen LogP contribution in [0.2, 0.25) is 0 Å². The largest absolute Gasteiger partial charge is 0.493 e. The van der Waals surface area contributed by atoms with E-state index in [1.54, 1.807) is 0 Å². The van der Waals surface area contributed by atoms with Gasteiger partial charge < -0.3 is 24.5 Å². The van der Waals surface area contributed by atoms with E-state index in [0.29, 0.717) is 13.2 Å². The van der Waals surface area contributed by atoms with Gasteiger partial charge in [0.15, 0.2) is 0 Å². The van der Waals surface area contributed by atoms with Crippen LogP contribution in [0.3, 0.4) is 0 Å². The van der Waals surface area contributed by atoms with Crippen LogP contribution in [0.5, 0.6) is 11.5 Å². The molecule has 2 N–H and O–H groups in total. The van der Waals surface area contributed by atoms with E-state index in [9.17, 15) is 0 Å². The van der Waals surface area contributed by atoms with Crippen molar-refractivity contribution in [2.75, 3.05) is 39.4 Å². The van der Waals surface area contributed by atoms with Gasteiger partial charge in [-0.05, 0) is 60.7 Å². The molecule has 182 valence electrons. The molecule has 0 aliphatic carbocycles. The Hall–Kier alpha value is -4.26. The quantitative estimate of drug-likeness (QED) is 0.341. The first kappa shape index (κ1) is 22.2. The monoisotopic (exact) mass is 480 g/mol. The van der Waals surface area contributed by atoms with Crippen molar-refractivity contribution in [2.45, 2.75) is 6.42 Å². The lowest BCUT2D eigenvalue weighted by molar-refractivity contribution is 0.247. The van der Waals surface area contributed by atoms with Crippen molar-refractivity contribution < 1.29 is 13.9 Å². The number of furan rings is 1. The van der Waals surface area contributed by atoms with Gasteiger partial charge in [0.2, 0.25) is 0 Å². The molecular formula is C29H28N4O3. The maximum atomic E-state index is 6.08. The second-order valence-corrected chi connectivity index (χ2v) is 8.75. The van der Waals surface area contributed by atoms with Gasteiger partial charge >= 0.3 is 0 Å². The van der Waals surface area contributed by atoms with Crippen molar-refractivity contribution in [1.29, 1.82) is 0 Å². The van der Waals surface area contributed by atoms with Crippen LogP contribution in [-0.2, 0) is 0 Å². The number of rotatable bonds is 9. The van der Waals surface area contributed by atoms with Crippen LogP contribution < -0.4 is 20.1 Å². The summed E-state index contributed by atoms with van der Waals surface area (Å²) < 4.78 is 18.0. The van der Waals surface area contributed by atoms with E-state index in [2.05, 4.69) is 32.8 Å². The summed E-state index contributed by atoms with van der Waals surface area (Å²) in [5, 5.41) is 7.69. The number of nitrogens with one attached hydrogen (secondary N) is 2. The Morgan fingerprint density at radius 3 is 2.31 bits per heavy atom. The molecule has 2 aliphatic heterocycles. The highest BCUT2D eigenvalue weighted by Crippen LogP contribution is 2.30. The second-order valence-electron chi connectivity index (χ2n) is 8.75. The third-order valence-electron chi connectivity index (χ3n) is 6.23. The average molecular weight is 481 g/mol. The summed E-state index contributed by atoms with van der Waals surface area (Å²) in [5.74, 6) is 4.37. The summed E-state index contributed by atoms with van der Waals surface area (Å²) in [5.41, 5.74) is 3.98. The van der Waals surface area contributed by atoms with Crippen LogP contribution in [-0.4, -0.2) is 51.1 Å². The smallest absolute Gasteiger partial charge is 0.135 e. The van der Waals surface area contributed by atoms with E-state index in [1.165, 1.54) is 0 Å². The van der Waals surface area contributed by atoms with Gasteiger partial charge in [0.1, 0.15) is 34.5 Å². The zero-order chi connectivity index (χ0) is 24.2. The van der Waals surface area contributed by atoms with Gasteiger partial charge in [0.05, 0.1) is 31.9 Å². The molecule has 0 spiro atoms. The molecule has 4 aromatic rings. The Morgan fingerprint density at radius 2 is 1.50 bits per heavy atom. The topological polar surface area (TPSA) is 80.4 Å². The third-order valence-corrected chi connectivity index (χ3v) is 6.23. The van der Waals surface area contributed by atoms with Crippen molar-refractivity contribution in [3.8, 4) is 22.8 Å². The molecule has 0 fully saturated rings. The molecule has 3 aromatic carbocycles. The van der Waals surface area contributed by atoms with E-state index in [4.69, 9.17) is 13.9 Å². The number of ether oxygens (including phenoxy) is 2. The van der Waals surface area contributed by atoms with Gasteiger partial charge in [-0.25, -0.2) is 0 Å². The average Bonchev–Trinajstić information content (AvgIpc) is 3.71. The molecule has 2 aliphatic rings. The maximum absolute atomic E-state index is 6.08. The third kappa shape index (κ3) is 4.77. The fraction of sp³-hybridized carbons (Fsp3) is 0.241. The second kappa shape index (κ2) is 10.2. The summed E-state index contributed by atoms with van der Waals surface area (Å²) in [4.78, 5) is 9.00. The Labute approximate surface area is 209 Å². The van der Waals surface area contributed by atoms with E-state index < -0.39 is 0 Å². The number of aliphatic imine (C=N–C) groups is 2. The van der Waals surface area contributed by atoms with Crippen molar-refractivity contribution in [2.24, 2.45) is 9.98 Å². The first-order valence-corrected chi connectivity index (χ1v) is 12.4. The Balaban J connectivity index is 1.03. The molecule has 36 heavy (non-hydrogen) atoms. The maximum Gasteiger partial charge on any atom is 0.135 e. The lowest BCUT2D eigenvalue weighted by Crippen LogP contribution is -2.20. The van der Waals surface area contributed by atoms with Crippen LogP contribution >= 0.6 is 0 Å². The van der Waals surface area contributed by atoms with E-state index in [-0.39, 0.29) is 0 Å². The van der Waals surface area contributed by atoms with Crippen molar-refractivity contribution in [3.05, 3.63) is 83.9 Å². The fourth-order valence-electron chi connectivity index (χ4n) is 4.44. The van der Waals surface area contributed by atoms with Crippen LogP contribution in [0, 0.1) is 0 Å². The Kier molecular flexibility index (Phi) is 6.27. The fourth-order valence-corrected chi connectivity index (χ4v) is 4.44. The molecular weight excluding hydrogens is 452 g/mol. The highest BCUT2D eigenvalue weighted by molar-refractivity contribution is 6.03. The molecule has 0 bridgehead atoms. The SMILES string of the molecule is c1ccc(C2=NCCN2)c(OCCCOc2ccc(-c3cc4cc(C5=NCCN5)ccc4o3)cc2)c1. The lowest BCUT2D eigenvalue weighted by atomic mass is 10.1. The zero-order valence-corrected chi connectivity index (χ0v) is 20.0. The lowest BCUT2D eigenvalue weighted by Gasteiger charge is -2.12. The number of nitrogens with zero attached hydrogens (tertiary/aromatic N) is 2. The number of hydrogen-bond donors (Lipinski definition) is 2. The van der Waals surface area contributed by atoms with Gasteiger partial charge in [0.25, 0.3) is 0 Å². The number of hydrogen-bond acceptors (Lipinski definition) is 7. The minimum atomic E-state index is 0.575. The van der Waals surface area contributed by atoms with Crippen molar-refractivity contribution >= 4 is 22.6 Å². The highest BCUT2D eigenvalue weighted by Gasteiger charge is 2.14. The number of fused-ring (bicyclic) bond motifs is 1. The standard InChI is InChI=1S/C29H28N4O3/c1-2-5-26(24(4-1)29-32-14-15-33-29)35-17-3-16-34-23-9-6-20(7-10-23)27-19-22-18-21(8-11-25(22)36-27)28-30-12-13-31-28/h1-2,4-11,18-19H,3,12-17H2,(H,30,31)(H,32,33). The number of benzene rings is 3. The van der Waals surface area contributed by atoms with E-state index in [1.807, 2.05) is 60.7 Å². The van der Waals surface area contributed by atoms with Crippen LogP contribution in [0.25, 0.3) is 22.3 Å². The predicted octanol–water partition coefficient (Wildman–Crippen LogP) is 4.65. The molecule has 0 saturated carbocycles. The van der Waals surface area contributed by atoms with Gasteiger partial charge in [-0.15, -0.1) is 0 Å². The van der Waals surface area contributed by atoms with Crippen LogP contribution in [0.4, 0.5) is 0 Å². The molecule has 0 atom stereocenters. The molecule has 0 radical (unpaired) electrons. The molecule has 7 nitrogen and oxygen atoms in total. The van der Waals surface area contributed by atoms with Gasteiger partial charge in [-0.2, -0.15) is 0 Å². The Bertz CT molecular complexity index is 1420. The summed E-state index contributed by atoms with van der Waals surface area (Å²) in [6.45, 7) is 4.56. The molecule has 6 rings (SSSR count). The predicted molar refractivity (Wildman–Crippen MR) is 143 cm³/mol. The number of para-hydroxylation sites is 1. The minimum Gasteiger partial charge on any atom is -0.493 e. The summed E-state index contributed by atoms with van der Waals surface area (Å²) in [6.07, 6.45) is 0.780. The van der Waals surface area contributed by atoms with E-state index in [0.717, 1.165) is 89.2 Å². The summed E-state index contributed by atoms with van der Waals surface area (Å²) in [6, 6.07) is 24.3. The van der Waals surface area contributed by atoms with Gasteiger partial charge in [-0.1, -0.05) is 12.1 Å².